The first-order valence-corrected chi connectivity index (χ1v) is 16.2. The molecular weight excluding hydrogens is 585 g/mol. The van der Waals surface area contributed by atoms with Gasteiger partial charge >= 0.3 is 0 Å². The summed E-state index contributed by atoms with van der Waals surface area (Å²) in [5.41, 5.74) is 10.7. The molecule has 0 aliphatic rings. The van der Waals surface area contributed by atoms with Crippen molar-refractivity contribution < 1.29 is 4.42 Å². The van der Waals surface area contributed by atoms with Crippen molar-refractivity contribution in [1.29, 1.82) is 0 Å². The van der Waals surface area contributed by atoms with Gasteiger partial charge in [0.25, 0.3) is 0 Å². The number of rotatable bonds is 6. The summed E-state index contributed by atoms with van der Waals surface area (Å²) in [6.45, 7) is 0. The number of hydrogen-bond acceptors (Lipinski definition) is 3. The lowest BCUT2D eigenvalue weighted by molar-refractivity contribution is 0.667. The lowest BCUT2D eigenvalue weighted by atomic mass is 9.99. The van der Waals surface area contributed by atoms with E-state index >= 15 is 0 Å². The van der Waals surface area contributed by atoms with E-state index in [9.17, 15) is 0 Å². The van der Waals surface area contributed by atoms with Crippen LogP contribution in [0.4, 0.5) is 17.2 Å². The molecular formula is C45H30N2O. The summed E-state index contributed by atoms with van der Waals surface area (Å²) in [6, 6.07) is 62.0. The quantitative estimate of drug-likeness (QED) is 0.187. The number of benzene rings is 7. The van der Waals surface area contributed by atoms with E-state index in [4.69, 9.17) is 9.40 Å². The molecule has 9 rings (SSSR count). The maximum atomic E-state index is 6.32. The van der Waals surface area contributed by atoms with Crippen LogP contribution in [0.25, 0.3) is 66.1 Å². The first-order valence-electron chi connectivity index (χ1n) is 16.2. The molecule has 0 N–H and O–H groups in total. The van der Waals surface area contributed by atoms with Gasteiger partial charge in [0.1, 0.15) is 11.4 Å². The van der Waals surface area contributed by atoms with Gasteiger partial charge in [-0.3, -0.25) is 4.90 Å². The Bertz CT molecular complexity index is 2540. The van der Waals surface area contributed by atoms with Gasteiger partial charge in [-0.25, -0.2) is 4.98 Å². The van der Waals surface area contributed by atoms with Gasteiger partial charge in [0.15, 0.2) is 5.58 Å². The van der Waals surface area contributed by atoms with E-state index in [-0.39, 0.29) is 0 Å². The Hall–Kier alpha value is -6.45. The molecule has 2 heterocycles. The highest BCUT2D eigenvalue weighted by molar-refractivity contribution is 6.19. The van der Waals surface area contributed by atoms with Crippen LogP contribution in [0.15, 0.2) is 187 Å². The number of hydrogen-bond donors (Lipinski definition) is 0. The van der Waals surface area contributed by atoms with E-state index < -0.39 is 0 Å². The minimum absolute atomic E-state index is 0.774. The monoisotopic (exact) mass is 614 g/mol. The zero-order valence-corrected chi connectivity index (χ0v) is 26.1. The Morgan fingerprint density at radius 2 is 1.02 bits per heavy atom. The molecule has 0 spiro atoms. The summed E-state index contributed by atoms with van der Waals surface area (Å²) in [5.74, 6) is 0.821. The van der Waals surface area contributed by atoms with Crippen LogP contribution >= 0.6 is 0 Å². The molecule has 0 aliphatic carbocycles. The molecule has 0 saturated carbocycles. The van der Waals surface area contributed by atoms with Crippen LogP contribution < -0.4 is 4.90 Å². The van der Waals surface area contributed by atoms with Crippen LogP contribution in [0.2, 0.25) is 0 Å². The van der Waals surface area contributed by atoms with Gasteiger partial charge in [-0.2, -0.15) is 0 Å². The van der Waals surface area contributed by atoms with Gasteiger partial charge in [-0.05, 0) is 68.9 Å². The third-order valence-electron chi connectivity index (χ3n) is 9.14. The first-order chi connectivity index (χ1) is 23.8. The maximum absolute atomic E-state index is 6.32. The summed E-state index contributed by atoms with van der Waals surface area (Å²) in [7, 11) is 0. The van der Waals surface area contributed by atoms with Crippen LogP contribution in [-0.4, -0.2) is 4.98 Å². The minimum Gasteiger partial charge on any atom is -0.454 e. The predicted molar refractivity (Wildman–Crippen MR) is 200 cm³/mol. The van der Waals surface area contributed by atoms with E-state index in [1.807, 2.05) is 12.3 Å². The second kappa shape index (κ2) is 11.7. The van der Waals surface area contributed by atoms with Crippen molar-refractivity contribution in [2.45, 2.75) is 0 Å². The van der Waals surface area contributed by atoms with E-state index in [0.29, 0.717) is 0 Å². The number of anilines is 3. The Balaban J connectivity index is 1.19. The lowest BCUT2D eigenvalue weighted by Gasteiger charge is -2.27. The number of pyridine rings is 1. The van der Waals surface area contributed by atoms with Crippen LogP contribution in [0, 0.1) is 0 Å². The largest absolute Gasteiger partial charge is 0.454 e. The van der Waals surface area contributed by atoms with Gasteiger partial charge in [0, 0.05) is 22.0 Å². The second-order valence-corrected chi connectivity index (χ2v) is 12.0. The summed E-state index contributed by atoms with van der Waals surface area (Å²) in [6.07, 6.45) is 1.86. The second-order valence-electron chi connectivity index (χ2n) is 12.0. The molecule has 0 atom stereocenters. The van der Waals surface area contributed by atoms with Crippen molar-refractivity contribution >= 4 is 49.9 Å². The maximum Gasteiger partial charge on any atom is 0.153 e. The minimum atomic E-state index is 0.774. The number of fused-ring (bicyclic) bond motifs is 5. The standard InChI is InChI=1S/C45H30N2O/c1-3-11-31(12-4-1)32-19-21-33(22-20-32)34-23-26-37(27-24-34)47(41-18-10-9-16-38(41)35-13-5-2-6-14-35)44-29-40-43(30-46-44)48-42-28-25-36-15-7-8-17-39(36)45(40)42/h1-30H. The molecule has 0 radical (unpaired) electrons. The van der Waals surface area contributed by atoms with Crippen LogP contribution in [0.3, 0.4) is 0 Å². The molecule has 3 nitrogen and oxygen atoms in total. The van der Waals surface area contributed by atoms with Gasteiger partial charge in [0.2, 0.25) is 0 Å². The zero-order chi connectivity index (χ0) is 31.9. The molecule has 0 unspecified atom stereocenters. The first kappa shape index (κ1) is 27.8. The molecule has 0 aliphatic heterocycles. The van der Waals surface area contributed by atoms with E-state index in [1.54, 1.807) is 0 Å². The Morgan fingerprint density at radius 3 is 1.75 bits per heavy atom. The van der Waals surface area contributed by atoms with E-state index in [0.717, 1.165) is 55.8 Å². The van der Waals surface area contributed by atoms with Crippen molar-refractivity contribution in [1.82, 2.24) is 4.98 Å². The van der Waals surface area contributed by atoms with Gasteiger partial charge in [0.05, 0.1) is 11.9 Å². The summed E-state index contributed by atoms with van der Waals surface area (Å²) >= 11 is 0. The molecule has 9 aromatic rings. The van der Waals surface area contributed by atoms with Crippen molar-refractivity contribution in [3.05, 3.63) is 182 Å². The molecule has 2 aromatic heterocycles. The highest BCUT2D eigenvalue weighted by atomic mass is 16.3. The molecule has 0 amide bonds. The van der Waals surface area contributed by atoms with Crippen LogP contribution in [0.1, 0.15) is 0 Å². The third kappa shape index (κ3) is 4.90. The topological polar surface area (TPSA) is 29.3 Å². The molecule has 3 heteroatoms. The Kier molecular flexibility index (Phi) is 6.80. The average molecular weight is 615 g/mol. The number of para-hydroxylation sites is 1. The van der Waals surface area contributed by atoms with Crippen molar-refractivity contribution in [2.24, 2.45) is 0 Å². The molecule has 48 heavy (non-hydrogen) atoms. The van der Waals surface area contributed by atoms with Crippen molar-refractivity contribution in [3.8, 4) is 33.4 Å². The normalized spacial score (nSPS) is 11.3. The van der Waals surface area contributed by atoms with Crippen LogP contribution in [-0.2, 0) is 0 Å². The number of nitrogens with zero attached hydrogens (tertiary/aromatic N) is 2. The predicted octanol–water partition coefficient (Wildman–Crippen LogP) is 12.6. The fraction of sp³-hybridized carbons (Fsp3) is 0. The van der Waals surface area contributed by atoms with Gasteiger partial charge in [-0.15, -0.1) is 0 Å². The molecule has 7 aromatic carbocycles. The summed E-state index contributed by atoms with van der Waals surface area (Å²) in [5, 5.41) is 4.51. The number of aromatic nitrogens is 1. The zero-order valence-electron chi connectivity index (χ0n) is 26.1. The van der Waals surface area contributed by atoms with Crippen molar-refractivity contribution in [3.63, 3.8) is 0 Å². The Morgan fingerprint density at radius 1 is 0.438 bits per heavy atom. The Labute approximate surface area is 279 Å². The number of furan rings is 1. The SMILES string of the molecule is c1ccc(-c2ccc(-c3ccc(N(c4cc5c(cn4)oc4ccc6ccccc6c45)c4ccccc4-c4ccccc4)cc3)cc2)cc1. The van der Waals surface area contributed by atoms with Gasteiger partial charge < -0.3 is 4.42 Å². The fourth-order valence-electron chi connectivity index (χ4n) is 6.78. The summed E-state index contributed by atoms with van der Waals surface area (Å²) < 4.78 is 6.32. The highest BCUT2D eigenvalue weighted by Crippen LogP contribution is 2.43. The van der Waals surface area contributed by atoms with Crippen molar-refractivity contribution in [2.75, 3.05) is 4.90 Å². The van der Waals surface area contributed by atoms with Gasteiger partial charge in [-0.1, -0.05) is 146 Å². The molecule has 0 saturated heterocycles. The average Bonchev–Trinajstić information content (AvgIpc) is 3.55. The fourth-order valence-corrected chi connectivity index (χ4v) is 6.78. The molecule has 0 bridgehead atoms. The lowest BCUT2D eigenvalue weighted by Crippen LogP contribution is -2.12. The van der Waals surface area contributed by atoms with E-state index in [2.05, 4.69) is 175 Å². The smallest absolute Gasteiger partial charge is 0.153 e. The van der Waals surface area contributed by atoms with E-state index in [1.165, 1.54) is 27.5 Å². The molecule has 226 valence electrons. The molecule has 0 fully saturated rings. The summed E-state index contributed by atoms with van der Waals surface area (Å²) in [4.78, 5) is 7.28. The van der Waals surface area contributed by atoms with Crippen LogP contribution in [0.5, 0.6) is 0 Å². The highest BCUT2D eigenvalue weighted by Gasteiger charge is 2.20. The third-order valence-corrected chi connectivity index (χ3v) is 9.14.